The third-order valence-electron chi connectivity index (χ3n) is 2.71. The molecular formula is C16H11Cl2FN2OS. The summed E-state index contributed by atoms with van der Waals surface area (Å²) in [4.78, 5) is 11.8. The molecule has 0 saturated heterocycles. The Morgan fingerprint density at radius 1 is 1.13 bits per heavy atom. The number of carbonyl (C=O) groups excluding carboxylic acids is 1. The van der Waals surface area contributed by atoms with Crippen molar-refractivity contribution in [2.24, 2.45) is 0 Å². The van der Waals surface area contributed by atoms with E-state index in [0.29, 0.717) is 21.3 Å². The first-order chi connectivity index (χ1) is 10.9. The summed E-state index contributed by atoms with van der Waals surface area (Å²) < 4.78 is 12.8. The van der Waals surface area contributed by atoms with Crippen LogP contribution in [0.2, 0.25) is 10.0 Å². The Hall–Kier alpha value is -1.95. The largest absolute Gasteiger partial charge is 0.331 e. The molecule has 0 fully saturated rings. The summed E-state index contributed by atoms with van der Waals surface area (Å²) >= 11 is 16.9. The Morgan fingerprint density at radius 3 is 2.52 bits per heavy atom. The molecule has 0 atom stereocenters. The van der Waals surface area contributed by atoms with Crippen LogP contribution < -0.4 is 10.6 Å². The fourth-order valence-corrected chi connectivity index (χ4v) is 2.19. The highest BCUT2D eigenvalue weighted by Gasteiger charge is 2.05. The van der Waals surface area contributed by atoms with Crippen molar-refractivity contribution in [3.63, 3.8) is 0 Å². The van der Waals surface area contributed by atoms with E-state index in [1.54, 1.807) is 36.4 Å². The number of thiocarbonyl (C=S) groups is 1. The van der Waals surface area contributed by atoms with Gasteiger partial charge in [-0.1, -0.05) is 35.3 Å². The van der Waals surface area contributed by atoms with Gasteiger partial charge in [-0.05, 0) is 54.2 Å². The highest BCUT2D eigenvalue weighted by Crippen LogP contribution is 2.25. The molecule has 0 spiro atoms. The monoisotopic (exact) mass is 368 g/mol. The molecule has 0 radical (unpaired) electrons. The molecule has 0 aliphatic rings. The van der Waals surface area contributed by atoms with Crippen molar-refractivity contribution in [2.45, 2.75) is 0 Å². The standard InChI is InChI=1S/C16H11Cl2FN2OS/c17-11-4-7-13(18)14(9-11)20-16(23)21-15(22)8-3-10-1-5-12(19)6-2-10/h1-9H,(H2,20,21,22,23). The topological polar surface area (TPSA) is 41.1 Å². The van der Waals surface area contributed by atoms with Crippen LogP contribution in [0, 0.1) is 5.82 Å². The highest BCUT2D eigenvalue weighted by atomic mass is 35.5. The van der Waals surface area contributed by atoms with Crippen LogP contribution in [0.5, 0.6) is 0 Å². The van der Waals surface area contributed by atoms with Gasteiger partial charge in [-0.25, -0.2) is 4.39 Å². The number of rotatable bonds is 3. The van der Waals surface area contributed by atoms with Crippen LogP contribution in [0.1, 0.15) is 5.56 Å². The van der Waals surface area contributed by atoms with E-state index in [4.69, 9.17) is 35.4 Å². The molecule has 3 nitrogen and oxygen atoms in total. The number of benzene rings is 2. The van der Waals surface area contributed by atoms with E-state index in [2.05, 4.69) is 10.6 Å². The van der Waals surface area contributed by atoms with Crippen LogP contribution in [0.3, 0.4) is 0 Å². The predicted molar refractivity (Wildman–Crippen MR) is 96.3 cm³/mol. The minimum absolute atomic E-state index is 0.0860. The smallest absolute Gasteiger partial charge is 0.250 e. The third-order valence-corrected chi connectivity index (χ3v) is 3.48. The van der Waals surface area contributed by atoms with Gasteiger partial charge in [-0.3, -0.25) is 10.1 Å². The maximum Gasteiger partial charge on any atom is 0.250 e. The molecule has 0 aliphatic carbocycles. The fraction of sp³-hybridized carbons (Fsp3) is 0. The number of hydrogen-bond donors (Lipinski definition) is 2. The lowest BCUT2D eigenvalue weighted by Gasteiger charge is -2.10. The number of halogens is 3. The fourth-order valence-electron chi connectivity index (χ4n) is 1.65. The van der Waals surface area contributed by atoms with Crippen LogP contribution in [0.15, 0.2) is 48.5 Å². The van der Waals surface area contributed by atoms with Gasteiger partial charge in [0.2, 0.25) is 5.91 Å². The summed E-state index contributed by atoms with van der Waals surface area (Å²) in [5.41, 5.74) is 1.19. The minimum Gasteiger partial charge on any atom is -0.331 e. The summed E-state index contributed by atoms with van der Waals surface area (Å²) in [5.74, 6) is -0.764. The molecule has 0 aliphatic heterocycles. The van der Waals surface area contributed by atoms with Crippen molar-refractivity contribution >= 4 is 58.2 Å². The molecule has 0 heterocycles. The number of carbonyl (C=O) groups is 1. The van der Waals surface area contributed by atoms with Crippen molar-refractivity contribution in [1.29, 1.82) is 0 Å². The summed E-state index contributed by atoms with van der Waals surface area (Å²) in [6.45, 7) is 0. The second-order valence-corrected chi connectivity index (χ2v) is 5.70. The average Bonchev–Trinajstić information content (AvgIpc) is 2.50. The van der Waals surface area contributed by atoms with E-state index >= 15 is 0 Å². The van der Waals surface area contributed by atoms with Gasteiger partial charge in [0.15, 0.2) is 5.11 Å². The summed E-state index contributed by atoms with van der Waals surface area (Å²) in [6, 6.07) is 10.6. The maximum absolute atomic E-state index is 12.8. The quantitative estimate of drug-likeness (QED) is 0.611. The first-order valence-corrected chi connectivity index (χ1v) is 7.61. The molecule has 2 N–H and O–H groups in total. The van der Waals surface area contributed by atoms with Crippen LogP contribution in [-0.4, -0.2) is 11.0 Å². The van der Waals surface area contributed by atoms with E-state index in [-0.39, 0.29) is 10.9 Å². The van der Waals surface area contributed by atoms with E-state index in [1.807, 2.05) is 0 Å². The molecule has 2 aromatic rings. The first-order valence-electron chi connectivity index (χ1n) is 6.45. The summed E-state index contributed by atoms with van der Waals surface area (Å²) in [5, 5.41) is 6.26. The Kier molecular flexibility index (Phi) is 6.10. The number of hydrogen-bond acceptors (Lipinski definition) is 2. The Bertz CT molecular complexity index is 763. The summed E-state index contributed by atoms with van der Waals surface area (Å²) in [7, 11) is 0. The van der Waals surface area contributed by atoms with Crippen molar-refractivity contribution in [3.05, 3.63) is 70.0 Å². The zero-order chi connectivity index (χ0) is 16.8. The maximum atomic E-state index is 12.8. The van der Waals surface area contributed by atoms with Gasteiger partial charge in [-0.2, -0.15) is 0 Å². The lowest BCUT2D eigenvalue weighted by Crippen LogP contribution is -2.32. The number of amides is 1. The minimum atomic E-state index is -0.426. The molecule has 0 bridgehead atoms. The normalized spacial score (nSPS) is 10.6. The van der Waals surface area contributed by atoms with E-state index in [0.717, 1.165) is 0 Å². The lowest BCUT2D eigenvalue weighted by atomic mass is 10.2. The summed E-state index contributed by atoms with van der Waals surface area (Å²) in [6.07, 6.45) is 2.84. The van der Waals surface area contributed by atoms with Gasteiger partial charge in [0.25, 0.3) is 0 Å². The molecular weight excluding hydrogens is 358 g/mol. The van der Waals surface area contributed by atoms with Gasteiger partial charge in [0.05, 0.1) is 10.7 Å². The Labute approximate surface area is 148 Å². The lowest BCUT2D eigenvalue weighted by molar-refractivity contribution is -0.115. The zero-order valence-electron chi connectivity index (χ0n) is 11.6. The van der Waals surface area contributed by atoms with Gasteiger partial charge < -0.3 is 5.32 Å². The zero-order valence-corrected chi connectivity index (χ0v) is 14.0. The van der Waals surface area contributed by atoms with Crippen molar-refractivity contribution < 1.29 is 9.18 Å². The van der Waals surface area contributed by atoms with E-state index in [9.17, 15) is 9.18 Å². The number of anilines is 1. The van der Waals surface area contributed by atoms with Gasteiger partial charge in [-0.15, -0.1) is 0 Å². The Morgan fingerprint density at radius 2 is 1.83 bits per heavy atom. The predicted octanol–water partition coefficient (Wildman–Crippen LogP) is 4.66. The SMILES string of the molecule is O=C(C=Cc1ccc(F)cc1)NC(=S)Nc1cc(Cl)ccc1Cl. The molecule has 2 aromatic carbocycles. The van der Waals surface area contributed by atoms with E-state index in [1.165, 1.54) is 18.2 Å². The highest BCUT2D eigenvalue weighted by molar-refractivity contribution is 7.80. The van der Waals surface area contributed by atoms with Crippen molar-refractivity contribution in [2.75, 3.05) is 5.32 Å². The van der Waals surface area contributed by atoms with Crippen LogP contribution in [-0.2, 0) is 4.79 Å². The van der Waals surface area contributed by atoms with Gasteiger partial charge in [0.1, 0.15) is 5.82 Å². The molecule has 2 rings (SSSR count). The van der Waals surface area contributed by atoms with Gasteiger partial charge >= 0.3 is 0 Å². The van der Waals surface area contributed by atoms with Gasteiger partial charge in [0, 0.05) is 11.1 Å². The second kappa shape index (κ2) is 8.06. The molecule has 0 aromatic heterocycles. The molecule has 1 amide bonds. The molecule has 0 saturated carbocycles. The molecule has 0 unspecified atom stereocenters. The molecule has 118 valence electrons. The molecule has 7 heteroatoms. The van der Waals surface area contributed by atoms with Crippen molar-refractivity contribution in [3.8, 4) is 0 Å². The number of nitrogens with one attached hydrogen (secondary N) is 2. The van der Waals surface area contributed by atoms with E-state index < -0.39 is 5.91 Å². The van der Waals surface area contributed by atoms with Crippen LogP contribution in [0.25, 0.3) is 6.08 Å². The Balaban J connectivity index is 1.93. The molecule has 23 heavy (non-hydrogen) atoms. The second-order valence-electron chi connectivity index (χ2n) is 4.45. The van der Waals surface area contributed by atoms with Crippen molar-refractivity contribution in [1.82, 2.24) is 5.32 Å². The van der Waals surface area contributed by atoms with Crippen LogP contribution >= 0.6 is 35.4 Å². The third kappa shape index (κ3) is 5.63. The first kappa shape index (κ1) is 17.4. The van der Waals surface area contributed by atoms with Crippen LogP contribution in [0.4, 0.5) is 10.1 Å². The average molecular weight is 369 g/mol.